The summed E-state index contributed by atoms with van der Waals surface area (Å²) in [5, 5.41) is 4.83. The van der Waals surface area contributed by atoms with Crippen molar-refractivity contribution in [3.05, 3.63) is 74.9 Å². The maximum atomic E-state index is 15.0. The molecule has 0 amide bonds. The normalized spacial score (nSPS) is 18.7. The topological polar surface area (TPSA) is 74.8 Å². The second-order valence-electron chi connectivity index (χ2n) is 8.47. The largest absolute Gasteiger partial charge is 0.373 e. The highest BCUT2D eigenvalue weighted by atomic mass is 35.5. The van der Waals surface area contributed by atoms with E-state index in [1.807, 2.05) is 25.5 Å². The molecule has 0 bridgehead atoms. The van der Waals surface area contributed by atoms with Gasteiger partial charge in [0.05, 0.1) is 28.9 Å². The zero-order chi connectivity index (χ0) is 23.3. The number of benzene rings is 1. The van der Waals surface area contributed by atoms with Gasteiger partial charge in [0.25, 0.3) is 5.56 Å². The van der Waals surface area contributed by atoms with Crippen LogP contribution in [0.1, 0.15) is 41.9 Å². The van der Waals surface area contributed by atoms with Crippen molar-refractivity contribution in [2.45, 2.75) is 31.8 Å². The van der Waals surface area contributed by atoms with Crippen molar-refractivity contribution in [3.8, 4) is 11.3 Å². The van der Waals surface area contributed by atoms with E-state index in [1.165, 1.54) is 10.6 Å². The fourth-order valence-corrected chi connectivity index (χ4v) is 4.56. The van der Waals surface area contributed by atoms with Crippen molar-refractivity contribution in [2.24, 2.45) is 14.1 Å². The Bertz CT molecular complexity index is 1430. The van der Waals surface area contributed by atoms with Crippen LogP contribution in [-0.4, -0.2) is 30.9 Å². The second kappa shape index (κ2) is 8.35. The van der Waals surface area contributed by atoms with Crippen LogP contribution in [0.25, 0.3) is 22.2 Å². The molecule has 170 valence electrons. The number of pyridine rings is 1. The zero-order valence-electron chi connectivity index (χ0n) is 18.5. The monoisotopic (exact) mass is 467 g/mol. The van der Waals surface area contributed by atoms with Gasteiger partial charge in [-0.1, -0.05) is 11.6 Å². The number of hydrogen-bond acceptors (Lipinski definition) is 5. The van der Waals surface area contributed by atoms with Crippen LogP contribution in [0.15, 0.2) is 41.5 Å². The Morgan fingerprint density at radius 1 is 1.21 bits per heavy atom. The molecule has 0 N–H and O–H groups in total. The van der Waals surface area contributed by atoms with Crippen LogP contribution in [0.5, 0.6) is 0 Å². The minimum absolute atomic E-state index is 0.0635. The molecule has 0 spiro atoms. The molecule has 5 rings (SSSR count). The van der Waals surface area contributed by atoms with Gasteiger partial charge in [-0.3, -0.25) is 19.0 Å². The molecule has 0 unspecified atom stereocenters. The maximum absolute atomic E-state index is 15.0. The van der Waals surface area contributed by atoms with Crippen LogP contribution in [0, 0.1) is 12.7 Å². The lowest BCUT2D eigenvalue weighted by Gasteiger charge is -2.29. The van der Waals surface area contributed by atoms with Gasteiger partial charge in [0.15, 0.2) is 0 Å². The Labute approximate surface area is 194 Å². The van der Waals surface area contributed by atoms with Gasteiger partial charge in [-0.2, -0.15) is 5.10 Å². The summed E-state index contributed by atoms with van der Waals surface area (Å²) in [5.74, 6) is 0.109. The third-order valence-electron chi connectivity index (χ3n) is 6.29. The first-order chi connectivity index (χ1) is 15.8. The average Bonchev–Trinajstić information content (AvgIpc) is 3.23. The van der Waals surface area contributed by atoms with Gasteiger partial charge in [-0.05, 0) is 44.0 Å². The van der Waals surface area contributed by atoms with Crippen LogP contribution in [0.2, 0.25) is 5.02 Å². The van der Waals surface area contributed by atoms with Gasteiger partial charge >= 0.3 is 0 Å². The molecule has 0 saturated carbocycles. The van der Waals surface area contributed by atoms with Gasteiger partial charge in [-0.25, -0.2) is 9.37 Å². The molecule has 9 heteroatoms. The molecule has 4 aromatic rings. The van der Waals surface area contributed by atoms with Gasteiger partial charge in [0.1, 0.15) is 11.6 Å². The van der Waals surface area contributed by atoms with Gasteiger partial charge in [0.2, 0.25) is 0 Å². The highest BCUT2D eigenvalue weighted by Gasteiger charge is 2.28. The van der Waals surface area contributed by atoms with E-state index in [0.29, 0.717) is 29.8 Å². The quantitative estimate of drug-likeness (QED) is 0.444. The predicted octanol–water partition coefficient (Wildman–Crippen LogP) is 4.47. The maximum Gasteiger partial charge on any atom is 0.263 e. The molecule has 1 fully saturated rings. The lowest BCUT2D eigenvalue weighted by Crippen LogP contribution is -2.23. The molecule has 0 aliphatic carbocycles. The summed E-state index contributed by atoms with van der Waals surface area (Å²) >= 11 is 5.97. The van der Waals surface area contributed by atoms with E-state index in [4.69, 9.17) is 21.3 Å². The first-order valence-corrected chi connectivity index (χ1v) is 11.1. The molecule has 4 heterocycles. The molecular formula is C24H23ClFN5O2. The molecule has 2 atom stereocenters. The van der Waals surface area contributed by atoms with E-state index in [1.54, 1.807) is 30.8 Å². The Balaban J connectivity index is 1.67. The van der Waals surface area contributed by atoms with Crippen molar-refractivity contribution in [1.29, 1.82) is 0 Å². The highest BCUT2D eigenvalue weighted by Crippen LogP contribution is 2.39. The highest BCUT2D eigenvalue weighted by molar-refractivity contribution is 6.30. The second-order valence-corrected chi connectivity index (χ2v) is 8.90. The molecule has 1 saturated heterocycles. The average molecular weight is 468 g/mol. The fourth-order valence-electron chi connectivity index (χ4n) is 4.40. The number of halogens is 2. The summed E-state index contributed by atoms with van der Waals surface area (Å²) in [5.41, 5.74) is 2.54. The third kappa shape index (κ3) is 3.94. The van der Waals surface area contributed by atoms with Gasteiger partial charge in [0, 0.05) is 54.7 Å². The minimum Gasteiger partial charge on any atom is -0.373 e. The van der Waals surface area contributed by atoms with E-state index >= 15 is 0 Å². The van der Waals surface area contributed by atoms with Gasteiger partial charge in [-0.15, -0.1) is 0 Å². The van der Waals surface area contributed by atoms with E-state index < -0.39 is 5.82 Å². The Morgan fingerprint density at radius 3 is 2.76 bits per heavy atom. The van der Waals surface area contributed by atoms with Crippen LogP contribution in [0.3, 0.4) is 0 Å². The summed E-state index contributed by atoms with van der Waals surface area (Å²) in [6.45, 7) is 2.34. The third-order valence-corrected chi connectivity index (χ3v) is 6.52. The SMILES string of the molecule is Cc1nc2cc([C@@H]3CCO[C@@H](c4cnn(C)c4)C3)nc(-c3ccc(Cl)cc3F)c2c(=O)n1C. The Hall–Kier alpha value is -3.10. The predicted molar refractivity (Wildman–Crippen MR) is 124 cm³/mol. The Morgan fingerprint density at radius 2 is 2.03 bits per heavy atom. The summed E-state index contributed by atoms with van der Waals surface area (Å²) in [4.78, 5) is 22.6. The molecule has 0 radical (unpaired) electrons. The minimum atomic E-state index is -0.531. The van der Waals surface area contributed by atoms with E-state index in [0.717, 1.165) is 17.7 Å². The molecule has 33 heavy (non-hydrogen) atoms. The van der Waals surface area contributed by atoms with E-state index in [2.05, 4.69) is 10.1 Å². The van der Waals surface area contributed by atoms with Crippen LogP contribution >= 0.6 is 11.6 Å². The number of aryl methyl sites for hydroxylation is 2. The lowest BCUT2D eigenvalue weighted by molar-refractivity contribution is 0.00464. The van der Waals surface area contributed by atoms with Crippen molar-refractivity contribution in [2.75, 3.05) is 6.61 Å². The Kier molecular flexibility index (Phi) is 5.50. The zero-order valence-corrected chi connectivity index (χ0v) is 19.3. The fraction of sp³-hybridized carbons (Fsp3) is 0.333. The van der Waals surface area contributed by atoms with E-state index in [-0.39, 0.29) is 33.9 Å². The standard InChI is InChI=1S/C24H23ClFN5O2/c1-13-28-20-10-19(14-6-7-33-21(8-14)15-11-27-30(2)12-15)29-23(22(20)24(32)31(13)3)17-5-4-16(25)9-18(17)26/h4-5,9-12,14,21H,6-8H2,1-3H3/t14-,21-/m1/s1. The van der Waals surface area contributed by atoms with Crippen LogP contribution in [0.4, 0.5) is 4.39 Å². The number of ether oxygens (including phenoxy) is 1. The molecule has 3 aromatic heterocycles. The number of aromatic nitrogens is 5. The van der Waals surface area contributed by atoms with Crippen molar-refractivity contribution >= 4 is 22.5 Å². The molecule has 7 nitrogen and oxygen atoms in total. The van der Waals surface area contributed by atoms with E-state index in [9.17, 15) is 9.18 Å². The summed E-state index contributed by atoms with van der Waals surface area (Å²) in [6.07, 6.45) is 5.12. The number of hydrogen-bond donors (Lipinski definition) is 0. The summed E-state index contributed by atoms with van der Waals surface area (Å²) in [7, 11) is 3.52. The van der Waals surface area contributed by atoms with Gasteiger partial charge < -0.3 is 4.74 Å². The molecular weight excluding hydrogens is 445 g/mol. The molecule has 1 aromatic carbocycles. The lowest BCUT2D eigenvalue weighted by atomic mass is 9.89. The summed E-state index contributed by atoms with van der Waals surface area (Å²) < 4.78 is 24.1. The first kappa shape index (κ1) is 21.7. The van der Waals surface area contributed by atoms with Crippen LogP contribution < -0.4 is 5.56 Å². The summed E-state index contributed by atoms with van der Waals surface area (Å²) in [6, 6.07) is 6.25. The van der Waals surface area contributed by atoms with Crippen molar-refractivity contribution in [3.63, 3.8) is 0 Å². The van der Waals surface area contributed by atoms with Crippen molar-refractivity contribution < 1.29 is 9.13 Å². The number of rotatable bonds is 3. The smallest absolute Gasteiger partial charge is 0.263 e. The number of nitrogens with zero attached hydrogens (tertiary/aromatic N) is 5. The van der Waals surface area contributed by atoms with Crippen molar-refractivity contribution in [1.82, 2.24) is 24.3 Å². The molecule has 1 aliphatic rings. The van der Waals surface area contributed by atoms with Crippen LogP contribution in [-0.2, 0) is 18.8 Å². The number of fused-ring (bicyclic) bond motifs is 1. The first-order valence-electron chi connectivity index (χ1n) is 10.8. The molecule has 1 aliphatic heterocycles.